The molecule has 1 unspecified atom stereocenters. The first-order valence-electron chi connectivity index (χ1n) is 6.16. The van der Waals surface area contributed by atoms with Crippen molar-refractivity contribution in [2.24, 2.45) is 0 Å². The molecule has 0 saturated heterocycles. The molecule has 0 aliphatic carbocycles. The lowest BCUT2D eigenvalue weighted by atomic mass is 10.1. The monoisotopic (exact) mass is 315 g/mol. The highest BCUT2D eigenvalue weighted by Gasteiger charge is 2.28. The third kappa shape index (κ3) is 5.07. The second-order valence-corrected chi connectivity index (χ2v) is 6.40. The Kier molecular flexibility index (Phi) is 5.71. The molecule has 0 aromatic heterocycles. The van der Waals surface area contributed by atoms with Gasteiger partial charge in [-0.25, -0.2) is 8.42 Å². The van der Waals surface area contributed by atoms with Gasteiger partial charge in [-0.15, -0.1) is 0 Å². The summed E-state index contributed by atoms with van der Waals surface area (Å²) in [7, 11) is -2.77. The summed E-state index contributed by atoms with van der Waals surface area (Å²) < 4.78 is 30.5. The lowest BCUT2D eigenvalue weighted by Gasteiger charge is -2.13. The predicted molar refractivity (Wildman–Crippen MR) is 76.4 cm³/mol. The zero-order valence-corrected chi connectivity index (χ0v) is 12.5. The van der Waals surface area contributed by atoms with E-state index < -0.39 is 27.2 Å². The van der Waals surface area contributed by atoms with Crippen LogP contribution in [-0.2, 0) is 30.8 Å². The van der Waals surface area contributed by atoms with Gasteiger partial charge in [-0.1, -0.05) is 12.1 Å². The molecule has 0 spiro atoms. The van der Waals surface area contributed by atoms with Gasteiger partial charge in [-0.05, 0) is 31.0 Å². The minimum atomic E-state index is -3.88. The van der Waals surface area contributed by atoms with Crippen molar-refractivity contribution in [3.8, 4) is 0 Å². The molecule has 0 saturated carbocycles. The van der Waals surface area contributed by atoms with E-state index in [0.717, 1.165) is 12.7 Å². The van der Waals surface area contributed by atoms with Crippen LogP contribution >= 0.6 is 0 Å². The maximum Gasteiger partial charge on any atom is 0.325 e. The summed E-state index contributed by atoms with van der Waals surface area (Å²) in [4.78, 5) is 21.7. The molecule has 7 nitrogen and oxygen atoms in total. The van der Waals surface area contributed by atoms with Crippen LogP contribution < -0.4 is 4.72 Å². The average molecular weight is 315 g/mol. The van der Waals surface area contributed by atoms with Crippen molar-refractivity contribution in [2.45, 2.75) is 25.0 Å². The van der Waals surface area contributed by atoms with Crippen LogP contribution in [0.2, 0.25) is 0 Å². The van der Waals surface area contributed by atoms with Crippen LogP contribution in [0.1, 0.15) is 18.9 Å². The molecule has 2 N–H and O–H groups in total. The largest absolute Gasteiger partial charge is 0.481 e. The van der Waals surface area contributed by atoms with Gasteiger partial charge in [0.1, 0.15) is 0 Å². The normalized spacial score (nSPS) is 12.5. The summed E-state index contributed by atoms with van der Waals surface area (Å²) in [5.74, 6) is -1.74. The van der Waals surface area contributed by atoms with Gasteiger partial charge < -0.3 is 9.84 Å². The highest BCUT2D eigenvalue weighted by atomic mass is 32.2. The smallest absolute Gasteiger partial charge is 0.325 e. The first-order valence-corrected chi connectivity index (χ1v) is 7.71. The Morgan fingerprint density at radius 3 is 2.33 bits per heavy atom. The number of sulfonamides is 1. The quantitative estimate of drug-likeness (QED) is 0.727. The first-order chi connectivity index (χ1) is 9.76. The van der Waals surface area contributed by atoms with E-state index >= 15 is 0 Å². The fraction of sp³-hybridized carbons (Fsp3) is 0.385. The van der Waals surface area contributed by atoms with E-state index in [2.05, 4.69) is 9.46 Å². The maximum atomic E-state index is 11.9. The van der Waals surface area contributed by atoms with Gasteiger partial charge in [-0.3, -0.25) is 14.3 Å². The van der Waals surface area contributed by atoms with Crippen molar-refractivity contribution in [1.82, 2.24) is 0 Å². The number of aliphatic carboxylic acids is 1. The highest BCUT2D eigenvalue weighted by Crippen LogP contribution is 2.15. The average Bonchev–Trinajstić information content (AvgIpc) is 2.44. The van der Waals surface area contributed by atoms with E-state index in [1.54, 1.807) is 12.1 Å². The lowest BCUT2D eigenvalue weighted by Crippen LogP contribution is -2.33. The summed E-state index contributed by atoms with van der Waals surface area (Å²) in [6.07, 6.45) is 0.366. The molecular formula is C13H17NO6S. The number of carbonyl (C=O) groups is 2. The van der Waals surface area contributed by atoms with Crippen LogP contribution in [0.15, 0.2) is 24.3 Å². The Hall–Kier alpha value is -2.09. The SMILES string of the molecule is COC(=O)C(C)S(=O)(=O)Nc1ccc(CCC(=O)O)cc1. The Morgan fingerprint density at radius 2 is 1.86 bits per heavy atom. The van der Waals surface area contributed by atoms with Crippen molar-refractivity contribution < 1.29 is 27.9 Å². The Labute approximate surface area is 123 Å². The number of carbonyl (C=O) groups excluding carboxylic acids is 1. The van der Waals surface area contributed by atoms with E-state index in [-0.39, 0.29) is 6.42 Å². The number of aryl methyl sites for hydroxylation is 1. The van der Waals surface area contributed by atoms with Gasteiger partial charge in [0.25, 0.3) is 0 Å². The zero-order valence-electron chi connectivity index (χ0n) is 11.7. The number of nitrogens with one attached hydrogen (secondary N) is 1. The number of ether oxygens (including phenoxy) is 1. The van der Waals surface area contributed by atoms with Crippen LogP contribution in [0.4, 0.5) is 5.69 Å². The number of hydrogen-bond donors (Lipinski definition) is 2. The van der Waals surface area contributed by atoms with Gasteiger partial charge in [-0.2, -0.15) is 0 Å². The molecule has 0 aliphatic rings. The summed E-state index contributed by atoms with van der Waals surface area (Å²) in [5, 5.41) is 7.26. The summed E-state index contributed by atoms with van der Waals surface area (Å²) in [6, 6.07) is 6.28. The summed E-state index contributed by atoms with van der Waals surface area (Å²) in [5.41, 5.74) is 1.08. The zero-order chi connectivity index (χ0) is 16.0. The van der Waals surface area contributed by atoms with Crippen molar-refractivity contribution in [2.75, 3.05) is 11.8 Å². The van der Waals surface area contributed by atoms with Crippen LogP contribution in [0, 0.1) is 0 Å². The maximum absolute atomic E-state index is 11.9. The molecule has 116 valence electrons. The molecule has 0 fully saturated rings. The number of carboxylic acid groups (broad SMARTS) is 1. The van der Waals surface area contributed by atoms with Gasteiger partial charge in [0.15, 0.2) is 5.25 Å². The molecule has 1 aromatic carbocycles. The standard InChI is InChI=1S/C13H17NO6S/c1-9(13(17)20-2)21(18,19)14-11-6-3-10(4-7-11)5-8-12(15)16/h3-4,6-7,9,14H,5,8H2,1-2H3,(H,15,16). The molecule has 0 bridgehead atoms. The highest BCUT2D eigenvalue weighted by molar-refractivity contribution is 7.94. The minimum Gasteiger partial charge on any atom is -0.481 e. The van der Waals surface area contributed by atoms with Crippen LogP contribution in [-0.4, -0.2) is 37.8 Å². The molecule has 21 heavy (non-hydrogen) atoms. The first kappa shape index (κ1) is 17.0. The molecule has 1 rings (SSSR count). The second-order valence-electron chi connectivity index (χ2n) is 4.40. The van der Waals surface area contributed by atoms with E-state index in [4.69, 9.17) is 5.11 Å². The van der Waals surface area contributed by atoms with Crippen LogP contribution in [0.5, 0.6) is 0 Å². The van der Waals surface area contributed by atoms with Crippen molar-refractivity contribution in [3.05, 3.63) is 29.8 Å². The molecule has 1 aromatic rings. The molecule has 0 aliphatic heterocycles. The molecule has 8 heteroatoms. The third-order valence-corrected chi connectivity index (χ3v) is 4.48. The number of anilines is 1. The lowest BCUT2D eigenvalue weighted by molar-refractivity contribution is -0.140. The van der Waals surface area contributed by atoms with Gasteiger partial charge >= 0.3 is 11.9 Å². The van der Waals surface area contributed by atoms with E-state index in [1.807, 2.05) is 0 Å². The summed E-state index contributed by atoms with van der Waals surface area (Å²) >= 11 is 0. The topological polar surface area (TPSA) is 110 Å². The molecule has 0 amide bonds. The molecule has 1 atom stereocenters. The van der Waals surface area contributed by atoms with Gasteiger partial charge in [0, 0.05) is 12.1 Å². The minimum absolute atomic E-state index is 0.00441. The Morgan fingerprint density at radius 1 is 1.29 bits per heavy atom. The molecule has 0 heterocycles. The van der Waals surface area contributed by atoms with Crippen LogP contribution in [0.3, 0.4) is 0 Å². The Bertz CT molecular complexity index is 608. The van der Waals surface area contributed by atoms with Gasteiger partial charge in [0.2, 0.25) is 10.0 Å². The number of carboxylic acids is 1. The Balaban J connectivity index is 2.75. The molecular weight excluding hydrogens is 298 g/mol. The number of benzene rings is 1. The number of rotatable bonds is 7. The molecule has 0 radical (unpaired) electrons. The second kappa shape index (κ2) is 7.07. The van der Waals surface area contributed by atoms with E-state index in [1.165, 1.54) is 19.1 Å². The van der Waals surface area contributed by atoms with Crippen molar-refractivity contribution in [1.29, 1.82) is 0 Å². The third-order valence-electron chi connectivity index (χ3n) is 2.84. The van der Waals surface area contributed by atoms with Crippen LogP contribution in [0.25, 0.3) is 0 Å². The van der Waals surface area contributed by atoms with E-state index in [9.17, 15) is 18.0 Å². The van der Waals surface area contributed by atoms with E-state index in [0.29, 0.717) is 12.1 Å². The fourth-order valence-corrected chi connectivity index (χ4v) is 2.53. The number of methoxy groups -OCH3 is 1. The van der Waals surface area contributed by atoms with Crippen molar-refractivity contribution in [3.63, 3.8) is 0 Å². The summed E-state index contributed by atoms with van der Waals surface area (Å²) in [6.45, 7) is 1.23. The number of esters is 1. The fourth-order valence-electron chi connectivity index (χ4n) is 1.54. The predicted octanol–water partition coefficient (Wildman–Crippen LogP) is 1.01. The van der Waals surface area contributed by atoms with Crippen molar-refractivity contribution >= 4 is 27.6 Å². The number of hydrogen-bond acceptors (Lipinski definition) is 5. The van der Waals surface area contributed by atoms with Gasteiger partial charge in [0.05, 0.1) is 7.11 Å².